The third-order valence-electron chi connectivity index (χ3n) is 2.11. The molecule has 1 atom stereocenters. The van der Waals surface area contributed by atoms with Gasteiger partial charge in [-0.2, -0.15) is 0 Å². The summed E-state index contributed by atoms with van der Waals surface area (Å²) in [7, 11) is 1.53. The van der Waals surface area contributed by atoms with Crippen molar-refractivity contribution in [1.82, 2.24) is 10.2 Å². The average Bonchev–Trinajstić information content (AvgIpc) is 2.13. The normalized spacial score (nSPS) is 12.1. The lowest BCUT2D eigenvalue weighted by molar-refractivity contribution is -0.133. The minimum absolute atomic E-state index is 0.0214. The molecule has 0 bridgehead atoms. The van der Waals surface area contributed by atoms with Crippen molar-refractivity contribution in [2.45, 2.75) is 26.8 Å². The van der Waals surface area contributed by atoms with E-state index in [9.17, 15) is 14.4 Å². The molecule has 86 valence electrons. The Hall–Kier alpha value is -1.39. The number of likely N-dealkylation sites (N-methyl/N-ethyl adjacent to an activating group) is 1. The molecule has 15 heavy (non-hydrogen) atoms. The minimum atomic E-state index is -0.488. The van der Waals surface area contributed by atoms with Gasteiger partial charge in [0, 0.05) is 14.0 Å². The van der Waals surface area contributed by atoms with Gasteiger partial charge in [0.25, 0.3) is 0 Å². The number of rotatable bonds is 5. The molecule has 0 aromatic heterocycles. The molecule has 0 saturated carbocycles. The highest BCUT2D eigenvalue weighted by molar-refractivity contribution is 5.85. The van der Waals surface area contributed by atoms with Gasteiger partial charge in [0.15, 0.2) is 0 Å². The van der Waals surface area contributed by atoms with E-state index in [0.717, 1.165) is 0 Å². The molecule has 0 fully saturated rings. The first-order valence-electron chi connectivity index (χ1n) is 4.84. The summed E-state index contributed by atoms with van der Waals surface area (Å²) in [5.74, 6) is -0.454. The molecule has 0 heterocycles. The summed E-state index contributed by atoms with van der Waals surface area (Å²) < 4.78 is 0. The average molecular weight is 214 g/mol. The van der Waals surface area contributed by atoms with E-state index in [1.807, 2.05) is 13.8 Å². The highest BCUT2D eigenvalue weighted by Crippen LogP contribution is 1.98. The van der Waals surface area contributed by atoms with Crippen molar-refractivity contribution in [3.8, 4) is 0 Å². The Bertz CT molecular complexity index is 251. The molecule has 0 aliphatic heterocycles. The van der Waals surface area contributed by atoms with Gasteiger partial charge in [-0.05, 0) is 5.92 Å². The van der Waals surface area contributed by atoms with Crippen LogP contribution in [0.3, 0.4) is 0 Å². The van der Waals surface area contributed by atoms with Crippen molar-refractivity contribution in [3.05, 3.63) is 0 Å². The lowest BCUT2D eigenvalue weighted by Gasteiger charge is -2.19. The van der Waals surface area contributed by atoms with E-state index in [0.29, 0.717) is 6.29 Å². The van der Waals surface area contributed by atoms with Gasteiger partial charge in [-0.3, -0.25) is 9.59 Å². The molecule has 0 radical (unpaired) electrons. The predicted molar refractivity (Wildman–Crippen MR) is 56.1 cm³/mol. The molecule has 5 heteroatoms. The van der Waals surface area contributed by atoms with Crippen LogP contribution < -0.4 is 5.32 Å². The van der Waals surface area contributed by atoms with Gasteiger partial charge in [-0.1, -0.05) is 13.8 Å². The zero-order chi connectivity index (χ0) is 12.0. The summed E-state index contributed by atoms with van der Waals surface area (Å²) in [4.78, 5) is 34.1. The maximum absolute atomic E-state index is 11.4. The predicted octanol–water partition coefficient (Wildman–Crippen LogP) is -0.196. The second-order valence-corrected chi connectivity index (χ2v) is 3.85. The van der Waals surface area contributed by atoms with Crippen LogP contribution in [0.25, 0.3) is 0 Å². The zero-order valence-corrected chi connectivity index (χ0v) is 9.61. The van der Waals surface area contributed by atoms with E-state index in [-0.39, 0.29) is 24.3 Å². The molecule has 0 aliphatic carbocycles. The molecule has 5 nitrogen and oxygen atoms in total. The van der Waals surface area contributed by atoms with Crippen molar-refractivity contribution in [3.63, 3.8) is 0 Å². The molecule has 2 amide bonds. The summed E-state index contributed by atoms with van der Waals surface area (Å²) in [6.07, 6.45) is 0.705. The number of hydrogen-bond donors (Lipinski definition) is 1. The minimum Gasteiger partial charge on any atom is -0.345 e. The first-order chi connectivity index (χ1) is 6.88. The number of carbonyl (C=O) groups excluding carboxylic acids is 3. The lowest BCUT2D eigenvalue weighted by atomic mass is 10.1. The summed E-state index contributed by atoms with van der Waals surface area (Å²) in [5.41, 5.74) is 0. The van der Waals surface area contributed by atoms with Crippen LogP contribution in [-0.4, -0.2) is 42.6 Å². The Balaban J connectivity index is 4.13. The lowest BCUT2D eigenvalue weighted by Crippen LogP contribution is -2.45. The number of aldehydes is 1. The number of nitrogens with one attached hydrogen (secondary N) is 1. The van der Waals surface area contributed by atoms with Gasteiger partial charge in [0.05, 0.1) is 12.6 Å². The SMILES string of the molecule is CC(=O)N(C)CC(=O)NC(C=O)C(C)C. The van der Waals surface area contributed by atoms with Crippen LogP contribution in [0, 0.1) is 5.92 Å². The summed E-state index contributed by atoms with van der Waals surface area (Å²) >= 11 is 0. The van der Waals surface area contributed by atoms with Gasteiger partial charge in [-0.15, -0.1) is 0 Å². The highest BCUT2D eigenvalue weighted by Gasteiger charge is 2.16. The Kier molecular flexibility index (Phi) is 5.59. The smallest absolute Gasteiger partial charge is 0.240 e. The maximum atomic E-state index is 11.4. The molecule has 1 unspecified atom stereocenters. The van der Waals surface area contributed by atoms with E-state index in [1.54, 1.807) is 0 Å². The number of amides is 2. The van der Waals surface area contributed by atoms with Gasteiger partial charge < -0.3 is 15.0 Å². The second kappa shape index (κ2) is 6.16. The van der Waals surface area contributed by atoms with Gasteiger partial charge >= 0.3 is 0 Å². The van der Waals surface area contributed by atoms with Gasteiger partial charge in [0.2, 0.25) is 11.8 Å². The molecule has 0 saturated heterocycles. The van der Waals surface area contributed by atoms with Crippen molar-refractivity contribution in [2.24, 2.45) is 5.92 Å². The fraction of sp³-hybridized carbons (Fsp3) is 0.700. The Morgan fingerprint density at radius 3 is 2.27 bits per heavy atom. The van der Waals surface area contributed by atoms with Gasteiger partial charge in [0.1, 0.15) is 6.29 Å². The third kappa shape index (κ3) is 5.15. The van der Waals surface area contributed by atoms with Crippen LogP contribution in [-0.2, 0) is 14.4 Å². The number of carbonyl (C=O) groups is 3. The van der Waals surface area contributed by atoms with Crippen molar-refractivity contribution in [2.75, 3.05) is 13.6 Å². The molecule has 0 aromatic carbocycles. The largest absolute Gasteiger partial charge is 0.345 e. The van der Waals surface area contributed by atoms with E-state index in [1.165, 1.54) is 18.9 Å². The number of nitrogens with zero attached hydrogens (tertiary/aromatic N) is 1. The molecule has 0 rings (SSSR count). The number of hydrogen-bond acceptors (Lipinski definition) is 3. The molecule has 0 aromatic rings. The molecular weight excluding hydrogens is 196 g/mol. The molecular formula is C10H18N2O3. The zero-order valence-electron chi connectivity index (χ0n) is 9.61. The standard InChI is InChI=1S/C10H18N2O3/c1-7(2)9(6-13)11-10(15)5-12(4)8(3)14/h6-7,9H,5H2,1-4H3,(H,11,15). The van der Waals surface area contributed by atoms with E-state index in [2.05, 4.69) is 5.32 Å². The Labute approximate surface area is 89.8 Å². The topological polar surface area (TPSA) is 66.5 Å². The third-order valence-corrected chi connectivity index (χ3v) is 2.11. The fourth-order valence-corrected chi connectivity index (χ4v) is 0.916. The fourth-order valence-electron chi connectivity index (χ4n) is 0.916. The van der Waals surface area contributed by atoms with E-state index >= 15 is 0 Å². The molecule has 1 N–H and O–H groups in total. The summed E-state index contributed by atoms with van der Waals surface area (Å²) in [6, 6.07) is -0.488. The van der Waals surface area contributed by atoms with Crippen LogP contribution >= 0.6 is 0 Å². The highest BCUT2D eigenvalue weighted by atomic mass is 16.2. The van der Waals surface area contributed by atoms with Crippen LogP contribution in [0.2, 0.25) is 0 Å². The first-order valence-corrected chi connectivity index (χ1v) is 4.84. The van der Waals surface area contributed by atoms with Crippen LogP contribution in [0.15, 0.2) is 0 Å². The Morgan fingerprint density at radius 1 is 1.40 bits per heavy atom. The first kappa shape index (κ1) is 13.6. The van der Waals surface area contributed by atoms with Crippen LogP contribution in [0.4, 0.5) is 0 Å². The quantitative estimate of drug-likeness (QED) is 0.645. The summed E-state index contributed by atoms with van der Waals surface area (Å²) in [6.45, 7) is 5.04. The maximum Gasteiger partial charge on any atom is 0.240 e. The molecule has 0 aliphatic rings. The second-order valence-electron chi connectivity index (χ2n) is 3.85. The van der Waals surface area contributed by atoms with Crippen LogP contribution in [0.1, 0.15) is 20.8 Å². The van der Waals surface area contributed by atoms with Gasteiger partial charge in [-0.25, -0.2) is 0 Å². The summed E-state index contributed by atoms with van der Waals surface area (Å²) in [5, 5.41) is 2.55. The van der Waals surface area contributed by atoms with E-state index < -0.39 is 6.04 Å². The van der Waals surface area contributed by atoms with Crippen LogP contribution in [0.5, 0.6) is 0 Å². The Morgan fingerprint density at radius 2 is 1.93 bits per heavy atom. The monoisotopic (exact) mass is 214 g/mol. The van der Waals surface area contributed by atoms with Crippen molar-refractivity contribution < 1.29 is 14.4 Å². The van der Waals surface area contributed by atoms with Crippen molar-refractivity contribution in [1.29, 1.82) is 0 Å². The van der Waals surface area contributed by atoms with Crippen molar-refractivity contribution >= 4 is 18.1 Å². The molecule has 0 spiro atoms. The van der Waals surface area contributed by atoms with E-state index in [4.69, 9.17) is 0 Å².